The van der Waals surface area contributed by atoms with Crippen LogP contribution in [0.25, 0.3) is 0 Å². The minimum atomic E-state index is -0.833. The fourth-order valence-corrected chi connectivity index (χ4v) is 2.48. The molecule has 0 heterocycles. The quantitative estimate of drug-likeness (QED) is 0.155. The van der Waals surface area contributed by atoms with Crippen molar-refractivity contribution in [2.75, 3.05) is 0 Å². The van der Waals surface area contributed by atoms with E-state index in [2.05, 4.69) is 64.2 Å². The number of carbonyl (C=O) groups is 4. The van der Waals surface area contributed by atoms with Gasteiger partial charge in [-0.1, -0.05) is 80.4 Å². The molecule has 0 aliphatic rings. The van der Waals surface area contributed by atoms with Crippen LogP contribution in [-0.2, 0) is 28.7 Å². The van der Waals surface area contributed by atoms with Gasteiger partial charge >= 0.3 is 17.9 Å². The highest BCUT2D eigenvalue weighted by Crippen LogP contribution is 2.23. The normalized spacial score (nSPS) is 10.0. The molecule has 0 spiro atoms. The van der Waals surface area contributed by atoms with E-state index in [9.17, 15) is 14.4 Å². The Kier molecular flexibility index (Phi) is 28.7. The lowest BCUT2D eigenvalue weighted by Gasteiger charge is -2.17. The molecular weight excluding hydrogens is 464 g/mol. The first-order valence-corrected chi connectivity index (χ1v) is 12.4. The van der Waals surface area contributed by atoms with E-state index in [1.165, 1.54) is 32.4 Å². The molecule has 212 valence electrons. The molecule has 0 rings (SSSR count). The van der Waals surface area contributed by atoms with E-state index >= 15 is 0 Å². The van der Waals surface area contributed by atoms with Crippen LogP contribution < -0.4 is 0 Å². The summed E-state index contributed by atoms with van der Waals surface area (Å²) in [4.78, 5) is 39.8. The van der Waals surface area contributed by atoms with E-state index in [0.717, 1.165) is 45.3 Å². The van der Waals surface area contributed by atoms with Crippen molar-refractivity contribution in [3.05, 3.63) is 25.7 Å². The maximum absolute atomic E-state index is 10.9. The lowest BCUT2D eigenvalue weighted by Crippen LogP contribution is -2.04. The Morgan fingerprint density at radius 3 is 1.28 bits per heavy atom. The Bertz CT molecular complexity index is 606. The standard InChI is InChI=1S/C12H22O2.C10H20O2.C4H6O2.C2H4O2/c1-5-14-11(13)9-7-6-8-10-12(2,3)4;1-10(2,3)8-6-4-5-7-9(11)12;1-3-6-4(2)5;1-2(3)4/h5H,1,6-10H2,2-4H3;4-8H2,1-3H3,(H,11,12);3H,1H2,2H3;1H3,(H,3,4). The number of hydrogen-bond acceptors (Lipinski definition) is 6. The number of hydrogen-bond donors (Lipinski definition) is 2. The van der Waals surface area contributed by atoms with Crippen molar-refractivity contribution < 1.29 is 38.9 Å². The van der Waals surface area contributed by atoms with Gasteiger partial charge in [-0.25, -0.2) is 0 Å². The van der Waals surface area contributed by atoms with E-state index in [0.29, 0.717) is 23.7 Å². The Labute approximate surface area is 219 Å². The lowest BCUT2D eigenvalue weighted by atomic mass is 9.89. The van der Waals surface area contributed by atoms with Gasteiger partial charge in [0.15, 0.2) is 0 Å². The fourth-order valence-electron chi connectivity index (χ4n) is 2.48. The molecule has 0 saturated carbocycles. The number of carboxylic acid groups (broad SMARTS) is 2. The summed E-state index contributed by atoms with van der Waals surface area (Å²) in [6.45, 7) is 22.2. The zero-order valence-corrected chi connectivity index (χ0v) is 24.0. The van der Waals surface area contributed by atoms with Crippen LogP contribution in [0.2, 0.25) is 0 Å². The second kappa shape index (κ2) is 25.5. The summed E-state index contributed by atoms with van der Waals surface area (Å²) in [5, 5.41) is 15.8. The summed E-state index contributed by atoms with van der Waals surface area (Å²) in [5.74, 6) is -2.01. The van der Waals surface area contributed by atoms with Crippen molar-refractivity contribution in [2.24, 2.45) is 10.8 Å². The minimum Gasteiger partial charge on any atom is -0.481 e. The van der Waals surface area contributed by atoms with E-state index in [1.54, 1.807) is 0 Å². The highest BCUT2D eigenvalue weighted by atomic mass is 16.5. The molecule has 0 aliphatic heterocycles. The summed E-state index contributed by atoms with van der Waals surface area (Å²) < 4.78 is 8.78. The number of rotatable bonds is 12. The first kappa shape index (κ1) is 40.5. The van der Waals surface area contributed by atoms with Gasteiger partial charge in [-0.05, 0) is 36.5 Å². The summed E-state index contributed by atoms with van der Waals surface area (Å²) in [5.41, 5.74) is 0.796. The molecule has 0 fully saturated rings. The average Bonchev–Trinajstić information content (AvgIpc) is 2.66. The van der Waals surface area contributed by atoms with Crippen molar-refractivity contribution >= 4 is 23.9 Å². The van der Waals surface area contributed by atoms with Crippen LogP contribution in [-0.4, -0.2) is 34.1 Å². The van der Waals surface area contributed by atoms with Gasteiger partial charge in [0.1, 0.15) is 0 Å². The summed E-state index contributed by atoms with van der Waals surface area (Å²) in [7, 11) is 0. The predicted molar refractivity (Wildman–Crippen MR) is 144 cm³/mol. The van der Waals surface area contributed by atoms with Gasteiger partial charge in [0.05, 0.1) is 12.5 Å². The van der Waals surface area contributed by atoms with E-state index < -0.39 is 11.9 Å². The number of carbonyl (C=O) groups excluding carboxylic acids is 2. The van der Waals surface area contributed by atoms with Crippen LogP contribution in [0.5, 0.6) is 0 Å². The monoisotopic (exact) mass is 516 g/mol. The maximum Gasteiger partial charge on any atom is 0.310 e. The van der Waals surface area contributed by atoms with Crippen LogP contribution in [0.1, 0.15) is 120 Å². The van der Waals surface area contributed by atoms with Gasteiger partial charge in [-0.2, -0.15) is 0 Å². The Hall–Kier alpha value is -2.64. The number of ether oxygens (including phenoxy) is 2. The van der Waals surface area contributed by atoms with Crippen LogP contribution in [0.4, 0.5) is 0 Å². The molecule has 36 heavy (non-hydrogen) atoms. The van der Waals surface area contributed by atoms with E-state index in [4.69, 9.17) is 15.0 Å². The zero-order valence-electron chi connectivity index (χ0n) is 24.0. The molecule has 0 atom stereocenters. The van der Waals surface area contributed by atoms with Gasteiger partial charge in [0.25, 0.3) is 5.97 Å². The summed E-state index contributed by atoms with van der Waals surface area (Å²) in [6, 6.07) is 0. The molecule has 0 bridgehead atoms. The zero-order chi connectivity index (χ0) is 29.2. The molecule has 0 unspecified atom stereocenters. The molecule has 2 N–H and O–H groups in total. The number of esters is 2. The molecule has 8 nitrogen and oxygen atoms in total. The second-order valence-electron chi connectivity index (χ2n) is 10.6. The van der Waals surface area contributed by atoms with Gasteiger partial charge in [-0.15, -0.1) is 0 Å². The highest BCUT2D eigenvalue weighted by Gasteiger charge is 2.10. The van der Waals surface area contributed by atoms with Gasteiger partial charge in [0, 0.05) is 26.7 Å². The smallest absolute Gasteiger partial charge is 0.310 e. The molecule has 0 saturated heterocycles. The molecule has 0 aromatic rings. The number of aliphatic carboxylic acids is 2. The van der Waals surface area contributed by atoms with Crippen molar-refractivity contribution in [2.45, 2.75) is 120 Å². The topological polar surface area (TPSA) is 127 Å². The van der Waals surface area contributed by atoms with E-state index in [1.807, 2.05) is 0 Å². The largest absolute Gasteiger partial charge is 0.481 e. The summed E-state index contributed by atoms with van der Waals surface area (Å²) >= 11 is 0. The third kappa shape index (κ3) is 63.4. The average molecular weight is 517 g/mol. The highest BCUT2D eigenvalue weighted by molar-refractivity contribution is 5.69. The molecule has 0 aromatic carbocycles. The Morgan fingerprint density at radius 1 is 0.667 bits per heavy atom. The molecular formula is C28H52O8. The minimum absolute atomic E-state index is 0.171. The van der Waals surface area contributed by atoms with Crippen molar-refractivity contribution in [3.63, 3.8) is 0 Å². The molecule has 0 amide bonds. The predicted octanol–water partition coefficient (Wildman–Crippen LogP) is 7.52. The first-order chi connectivity index (χ1) is 16.4. The number of carboxylic acids is 2. The van der Waals surface area contributed by atoms with Gasteiger partial charge < -0.3 is 19.7 Å². The Morgan fingerprint density at radius 2 is 1.03 bits per heavy atom. The van der Waals surface area contributed by atoms with Crippen LogP contribution in [0.15, 0.2) is 25.7 Å². The maximum atomic E-state index is 10.9. The fraction of sp³-hybridized carbons (Fsp3) is 0.714. The van der Waals surface area contributed by atoms with Crippen molar-refractivity contribution in [1.82, 2.24) is 0 Å². The third-order valence-corrected chi connectivity index (χ3v) is 4.09. The molecule has 0 radical (unpaired) electrons. The van der Waals surface area contributed by atoms with Crippen LogP contribution in [0, 0.1) is 10.8 Å². The summed E-state index contributed by atoms with van der Waals surface area (Å²) in [6.07, 6.45) is 11.7. The van der Waals surface area contributed by atoms with Crippen molar-refractivity contribution in [3.8, 4) is 0 Å². The van der Waals surface area contributed by atoms with Gasteiger partial charge in [0.2, 0.25) is 0 Å². The molecule has 8 heteroatoms. The third-order valence-electron chi connectivity index (χ3n) is 4.09. The van der Waals surface area contributed by atoms with Gasteiger partial charge in [-0.3, -0.25) is 19.2 Å². The first-order valence-electron chi connectivity index (χ1n) is 12.4. The van der Waals surface area contributed by atoms with Crippen molar-refractivity contribution in [1.29, 1.82) is 0 Å². The Balaban J connectivity index is -0.000000210. The lowest BCUT2D eigenvalue weighted by molar-refractivity contribution is -0.138. The molecule has 0 aliphatic carbocycles. The van der Waals surface area contributed by atoms with Crippen LogP contribution >= 0.6 is 0 Å². The second-order valence-corrected chi connectivity index (χ2v) is 10.6. The van der Waals surface area contributed by atoms with E-state index in [-0.39, 0.29) is 11.9 Å². The number of unbranched alkanes of at least 4 members (excludes halogenated alkanes) is 4. The SMILES string of the molecule is C=COC(=O)CCCCCC(C)(C)C.C=COC(C)=O.CC(=O)O.CC(C)(C)CCCCCC(=O)O. The van der Waals surface area contributed by atoms with Crippen LogP contribution in [0.3, 0.4) is 0 Å². The molecule has 0 aromatic heterocycles.